The van der Waals surface area contributed by atoms with Gasteiger partial charge in [0.2, 0.25) is 5.91 Å². The van der Waals surface area contributed by atoms with E-state index in [2.05, 4.69) is 10.4 Å². The number of hydrogen-bond donors (Lipinski definition) is 1. The first-order valence-corrected chi connectivity index (χ1v) is 7.61. The van der Waals surface area contributed by atoms with E-state index in [1.165, 1.54) is 41.2 Å². The minimum Gasteiger partial charge on any atom is -0.310 e. The minimum absolute atomic E-state index is 0.0324. The molecule has 1 amide bonds. The van der Waals surface area contributed by atoms with Crippen LogP contribution < -0.4 is 5.32 Å². The summed E-state index contributed by atoms with van der Waals surface area (Å²) in [7, 11) is 0. The number of carbonyl (C=O) groups excluding carboxylic acids is 1. The largest absolute Gasteiger partial charge is 0.310 e. The van der Waals surface area contributed by atoms with Crippen LogP contribution in [0, 0.1) is 17.5 Å². The molecule has 1 atom stereocenters. The van der Waals surface area contributed by atoms with Gasteiger partial charge in [0.15, 0.2) is 0 Å². The Hall–Kier alpha value is -3.09. The van der Waals surface area contributed by atoms with E-state index in [-0.39, 0.29) is 23.7 Å². The second kappa shape index (κ2) is 5.77. The number of nitrogens with one attached hydrogen (secondary N) is 1. The van der Waals surface area contributed by atoms with Gasteiger partial charge in [0.25, 0.3) is 0 Å². The molecule has 1 aliphatic heterocycles. The predicted octanol–water partition coefficient (Wildman–Crippen LogP) is 3.76. The van der Waals surface area contributed by atoms with Gasteiger partial charge in [-0.05, 0) is 35.9 Å². The lowest BCUT2D eigenvalue weighted by molar-refractivity contribution is -0.116. The molecule has 7 heteroatoms. The quantitative estimate of drug-likeness (QED) is 0.770. The monoisotopic (exact) mass is 343 g/mol. The van der Waals surface area contributed by atoms with E-state index in [9.17, 15) is 18.0 Å². The Morgan fingerprint density at radius 3 is 2.44 bits per heavy atom. The van der Waals surface area contributed by atoms with Crippen LogP contribution >= 0.6 is 0 Å². The highest BCUT2D eigenvalue weighted by molar-refractivity contribution is 5.94. The number of rotatable bonds is 2. The predicted molar refractivity (Wildman–Crippen MR) is 85.0 cm³/mol. The molecular weight excluding hydrogens is 331 g/mol. The molecule has 0 bridgehead atoms. The van der Waals surface area contributed by atoms with Crippen molar-refractivity contribution in [1.29, 1.82) is 0 Å². The molecule has 0 aliphatic carbocycles. The average Bonchev–Trinajstić information content (AvgIpc) is 2.99. The molecule has 0 unspecified atom stereocenters. The molecule has 25 heavy (non-hydrogen) atoms. The number of amides is 1. The average molecular weight is 343 g/mol. The normalized spacial score (nSPS) is 16.4. The number of carbonyl (C=O) groups is 1. The summed E-state index contributed by atoms with van der Waals surface area (Å²) >= 11 is 0. The lowest BCUT2D eigenvalue weighted by Crippen LogP contribution is -2.25. The Labute approximate surface area is 140 Å². The van der Waals surface area contributed by atoms with Gasteiger partial charge in [-0.15, -0.1) is 0 Å². The van der Waals surface area contributed by atoms with Crippen LogP contribution in [0.1, 0.15) is 23.5 Å². The van der Waals surface area contributed by atoms with Gasteiger partial charge in [0.05, 0.1) is 11.9 Å². The third-order valence-corrected chi connectivity index (χ3v) is 4.23. The summed E-state index contributed by atoms with van der Waals surface area (Å²) in [5.41, 5.74) is 1.41. The SMILES string of the molecule is O=C1C[C@H](c2ccc(F)cc2F)c2cnn(-c3ccc(F)cc3)c2N1. The van der Waals surface area contributed by atoms with Crippen LogP contribution in [0.2, 0.25) is 0 Å². The number of benzene rings is 2. The molecule has 3 aromatic rings. The van der Waals surface area contributed by atoms with Gasteiger partial charge in [-0.1, -0.05) is 6.07 Å². The zero-order valence-corrected chi connectivity index (χ0v) is 12.8. The van der Waals surface area contributed by atoms with Crippen LogP contribution in [0.5, 0.6) is 0 Å². The molecule has 0 fully saturated rings. The van der Waals surface area contributed by atoms with Crippen molar-refractivity contribution >= 4 is 11.7 Å². The second-order valence-electron chi connectivity index (χ2n) is 5.81. The number of nitrogens with zero attached hydrogens (tertiary/aromatic N) is 2. The zero-order valence-electron chi connectivity index (χ0n) is 12.8. The smallest absolute Gasteiger partial charge is 0.226 e. The van der Waals surface area contributed by atoms with Gasteiger partial charge in [0.1, 0.15) is 23.3 Å². The van der Waals surface area contributed by atoms with Gasteiger partial charge >= 0.3 is 0 Å². The Morgan fingerprint density at radius 2 is 1.72 bits per heavy atom. The third kappa shape index (κ3) is 2.67. The topological polar surface area (TPSA) is 46.9 Å². The molecule has 126 valence electrons. The van der Waals surface area contributed by atoms with Crippen LogP contribution in [-0.4, -0.2) is 15.7 Å². The summed E-state index contributed by atoms with van der Waals surface area (Å²) in [5, 5.41) is 6.96. The van der Waals surface area contributed by atoms with E-state index in [1.54, 1.807) is 0 Å². The van der Waals surface area contributed by atoms with Crippen molar-refractivity contribution in [2.75, 3.05) is 5.32 Å². The Morgan fingerprint density at radius 1 is 1.00 bits per heavy atom. The second-order valence-corrected chi connectivity index (χ2v) is 5.81. The molecule has 1 N–H and O–H groups in total. The lowest BCUT2D eigenvalue weighted by Gasteiger charge is -2.24. The van der Waals surface area contributed by atoms with Gasteiger partial charge in [-0.2, -0.15) is 5.10 Å². The number of fused-ring (bicyclic) bond motifs is 1. The standard InChI is InChI=1S/C18H12F3N3O/c19-10-1-4-12(5-2-10)24-18-15(9-22-24)14(8-17(25)23-18)13-6-3-11(20)7-16(13)21/h1-7,9,14H,8H2,(H,23,25)/t14-/m1/s1. The number of hydrogen-bond acceptors (Lipinski definition) is 2. The van der Waals surface area contributed by atoms with Gasteiger partial charge in [-0.3, -0.25) is 4.79 Å². The van der Waals surface area contributed by atoms with Crippen molar-refractivity contribution in [1.82, 2.24) is 9.78 Å². The molecular formula is C18H12F3N3O. The van der Waals surface area contributed by atoms with Crippen molar-refractivity contribution in [3.63, 3.8) is 0 Å². The Balaban J connectivity index is 1.82. The first-order chi connectivity index (χ1) is 12.0. The van der Waals surface area contributed by atoms with Crippen LogP contribution in [-0.2, 0) is 4.79 Å². The van der Waals surface area contributed by atoms with Gasteiger partial charge in [-0.25, -0.2) is 17.9 Å². The Bertz CT molecular complexity index is 966. The fraction of sp³-hybridized carbons (Fsp3) is 0.111. The highest BCUT2D eigenvalue weighted by Gasteiger charge is 2.32. The van der Waals surface area contributed by atoms with E-state index in [4.69, 9.17) is 0 Å². The van der Waals surface area contributed by atoms with E-state index in [0.29, 0.717) is 17.1 Å². The molecule has 0 saturated carbocycles. The third-order valence-electron chi connectivity index (χ3n) is 4.23. The summed E-state index contributed by atoms with van der Waals surface area (Å²) < 4.78 is 41.9. The lowest BCUT2D eigenvalue weighted by atomic mass is 9.87. The zero-order chi connectivity index (χ0) is 17.6. The minimum atomic E-state index is -0.708. The maximum Gasteiger partial charge on any atom is 0.226 e. The van der Waals surface area contributed by atoms with Gasteiger partial charge in [0, 0.05) is 24.0 Å². The molecule has 0 spiro atoms. The van der Waals surface area contributed by atoms with Crippen molar-refractivity contribution in [3.8, 4) is 5.69 Å². The van der Waals surface area contributed by atoms with Crippen molar-refractivity contribution < 1.29 is 18.0 Å². The van der Waals surface area contributed by atoms with E-state index >= 15 is 0 Å². The van der Waals surface area contributed by atoms with Crippen LogP contribution in [0.3, 0.4) is 0 Å². The summed E-state index contributed by atoms with van der Waals surface area (Å²) in [5.74, 6) is -2.25. The highest BCUT2D eigenvalue weighted by atomic mass is 19.1. The van der Waals surface area contributed by atoms with Crippen molar-refractivity contribution in [2.24, 2.45) is 0 Å². The van der Waals surface area contributed by atoms with Crippen LogP contribution in [0.25, 0.3) is 5.69 Å². The highest BCUT2D eigenvalue weighted by Crippen LogP contribution is 2.39. The molecule has 4 nitrogen and oxygen atoms in total. The maximum absolute atomic E-state index is 14.2. The van der Waals surface area contributed by atoms with Gasteiger partial charge < -0.3 is 5.32 Å². The Kier molecular flexibility index (Phi) is 3.56. The number of aromatic nitrogens is 2. The first kappa shape index (κ1) is 15.4. The van der Waals surface area contributed by atoms with Crippen molar-refractivity contribution in [2.45, 2.75) is 12.3 Å². The van der Waals surface area contributed by atoms with Crippen LogP contribution in [0.4, 0.5) is 19.0 Å². The number of halogens is 3. The van der Waals surface area contributed by atoms with E-state index in [1.807, 2.05) is 0 Å². The molecule has 1 aliphatic rings. The fourth-order valence-electron chi connectivity index (χ4n) is 3.06. The van der Waals surface area contributed by atoms with Crippen molar-refractivity contribution in [3.05, 3.63) is 77.2 Å². The number of anilines is 1. The van der Waals surface area contributed by atoms with E-state index < -0.39 is 17.6 Å². The summed E-state index contributed by atoms with van der Waals surface area (Å²) in [6.45, 7) is 0. The fourth-order valence-corrected chi connectivity index (χ4v) is 3.06. The van der Waals surface area contributed by atoms with E-state index in [0.717, 1.165) is 12.1 Å². The summed E-state index contributed by atoms with van der Waals surface area (Å²) in [6.07, 6.45) is 1.57. The molecule has 4 rings (SSSR count). The maximum atomic E-state index is 14.2. The molecule has 2 heterocycles. The summed E-state index contributed by atoms with van der Waals surface area (Å²) in [4.78, 5) is 12.1. The molecule has 1 aromatic heterocycles. The molecule has 0 radical (unpaired) electrons. The molecule has 2 aromatic carbocycles. The summed E-state index contributed by atoms with van der Waals surface area (Å²) in [6, 6.07) is 8.91. The van der Waals surface area contributed by atoms with Crippen LogP contribution in [0.15, 0.2) is 48.7 Å². The first-order valence-electron chi connectivity index (χ1n) is 7.61. The molecule has 0 saturated heterocycles.